The standard InChI is InChI=1S/C14H21ClN2O2S/c1-10-6-3-2-4-9-13(10)17-20(18,19)14-11(15)7-5-8-12(14)16/h5,7-8,10,13,17H,2-4,6,9,16H2,1H3. The van der Waals surface area contributed by atoms with Crippen molar-refractivity contribution in [3.63, 3.8) is 0 Å². The second-order valence-electron chi connectivity index (χ2n) is 5.50. The number of benzene rings is 1. The van der Waals surface area contributed by atoms with Crippen LogP contribution in [0.5, 0.6) is 0 Å². The Labute approximate surface area is 125 Å². The fraction of sp³-hybridized carbons (Fsp3) is 0.571. The average molecular weight is 317 g/mol. The third kappa shape index (κ3) is 3.45. The summed E-state index contributed by atoms with van der Waals surface area (Å²) in [5, 5.41) is 0.166. The van der Waals surface area contributed by atoms with Gasteiger partial charge in [-0.2, -0.15) is 0 Å². The molecule has 0 aromatic heterocycles. The van der Waals surface area contributed by atoms with E-state index in [9.17, 15) is 8.42 Å². The molecule has 2 atom stereocenters. The number of sulfonamides is 1. The van der Waals surface area contributed by atoms with E-state index in [0.717, 1.165) is 32.1 Å². The molecule has 6 heteroatoms. The van der Waals surface area contributed by atoms with Gasteiger partial charge in [0, 0.05) is 6.04 Å². The maximum absolute atomic E-state index is 12.5. The van der Waals surface area contributed by atoms with Gasteiger partial charge in [0.2, 0.25) is 10.0 Å². The molecule has 0 spiro atoms. The smallest absolute Gasteiger partial charge is 0.244 e. The molecule has 1 aliphatic carbocycles. The topological polar surface area (TPSA) is 72.2 Å². The van der Waals surface area contributed by atoms with Gasteiger partial charge < -0.3 is 5.73 Å². The van der Waals surface area contributed by atoms with E-state index in [1.165, 1.54) is 0 Å². The predicted octanol–water partition coefficient (Wildman–Crippen LogP) is 3.17. The van der Waals surface area contributed by atoms with Crippen LogP contribution in [0.2, 0.25) is 5.02 Å². The van der Waals surface area contributed by atoms with Crippen LogP contribution in [0.3, 0.4) is 0 Å². The Morgan fingerprint density at radius 3 is 2.65 bits per heavy atom. The lowest BCUT2D eigenvalue weighted by Crippen LogP contribution is -2.39. The van der Waals surface area contributed by atoms with Crippen LogP contribution in [-0.4, -0.2) is 14.5 Å². The molecule has 0 radical (unpaired) electrons. The van der Waals surface area contributed by atoms with Crippen molar-refractivity contribution in [2.24, 2.45) is 5.92 Å². The van der Waals surface area contributed by atoms with Crippen LogP contribution in [0.15, 0.2) is 23.1 Å². The number of nitrogens with one attached hydrogen (secondary N) is 1. The zero-order valence-electron chi connectivity index (χ0n) is 11.6. The van der Waals surface area contributed by atoms with Crippen LogP contribution >= 0.6 is 11.6 Å². The van der Waals surface area contributed by atoms with E-state index in [1.54, 1.807) is 18.2 Å². The summed E-state index contributed by atoms with van der Waals surface area (Å²) < 4.78 is 27.8. The van der Waals surface area contributed by atoms with Gasteiger partial charge in [-0.3, -0.25) is 0 Å². The van der Waals surface area contributed by atoms with Gasteiger partial charge in [0.15, 0.2) is 0 Å². The summed E-state index contributed by atoms with van der Waals surface area (Å²) in [4.78, 5) is -0.00175. The van der Waals surface area contributed by atoms with Crippen molar-refractivity contribution in [3.8, 4) is 0 Å². The number of halogens is 1. The first-order chi connectivity index (χ1) is 9.42. The molecule has 1 aromatic carbocycles. The molecule has 2 rings (SSSR count). The Morgan fingerprint density at radius 2 is 1.95 bits per heavy atom. The highest BCUT2D eigenvalue weighted by atomic mass is 35.5. The summed E-state index contributed by atoms with van der Waals surface area (Å²) in [5.41, 5.74) is 5.96. The van der Waals surface area contributed by atoms with Crippen molar-refractivity contribution >= 4 is 27.3 Å². The maximum atomic E-state index is 12.5. The zero-order valence-corrected chi connectivity index (χ0v) is 13.2. The SMILES string of the molecule is CC1CCCCCC1NS(=O)(=O)c1c(N)cccc1Cl. The van der Waals surface area contributed by atoms with E-state index in [4.69, 9.17) is 17.3 Å². The lowest BCUT2D eigenvalue weighted by Gasteiger charge is -2.23. The highest BCUT2D eigenvalue weighted by Gasteiger charge is 2.28. The molecule has 1 saturated carbocycles. The largest absolute Gasteiger partial charge is 0.398 e. The molecule has 1 aromatic rings. The summed E-state index contributed by atoms with van der Waals surface area (Å²) in [6.07, 6.45) is 5.29. The molecule has 0 amide bonds. The third-order valence-corrected chi connectivity index (χ3v) is 5.97. The van der Waals surface area contributed by atoms with Crippen molar-refractivity contribution in [3.05, 3.63) is 23.2 Å². The Hall–Kier alpha value is -0.780. The van der Waals surface area contributed by atoms with E-state index in [-0.39, 0.29) is 21.6 Å². The Bertz CT molecular complexity index is 554. The van der Waals surface area contributed by atoms with Gasteiger partial charge in [0.25, 0.3) is 0 Å². The van der Waals surface area contributed by atoms with Gasteiger partial charge in [0.05, 0.1) is 10.7 Å². The zero-order chi connectivity index (χ0) is 14.8. The number of hydrogen-bond acceptors (Lipinski definition) is 3. The first-order valence-electron chi connectivity index (χ1n) is 6.98. The number of anilines is 1. The normalized spacial score (nSPS) is 24.3. The quantitative estimate of drug-likeness (QED) is 0.664. The van der Waals surface area contributed by atoms with Gasteiger partial charge >= 0.3 is 0 Å². The second-order valence-corrected chi connectivity index (χ2v) is 7.56. The molecule has 2 unspecified atom stereocenters. The van der Waals surface area contributed by atoms with Gasteiger partial charge in [-0.1, -0.05) is 43.9 Å². The minimum Gasteiger partial charge on any atom is -0.398 e. The monoisotopic (exact) mass is 316 g/mol. The molecule has 1 fully saturated rings. The van der Waals surface area contributed by atoms with Gasteiger partial charge in [0.1, 0.15) is 4.90 Å². The van der Waals surface area contributed by atoms with Gasteiger partial charge in [-0.15, -0.1) is 0 Å². The predicted molar refractivity (Wildman–Crippen MR) is 82.2 cm³/mol. The van der Waals surface area contributed by atoms with E-state index < -0.39 is 10.0 Å². The van der Waals surface area contributed by atoms with Crippen LogP contribution < -0.4 is 10.5 Å². The summed E-state index contributed by atoms with van der Waals surface area (Å²) in [5.74, 6) is 0.330. The molecule has 0 saturated heterocycles. The van der Waals surface area contributed by atoms with E-state index in [2.05, 4.69) is 11.6 Å². The number of hydrogen-bond donors (Lipinski definition) is 2. The Kier molecular flexibility index (Phi) is 4.94. The second kappa shape index (κ2) is 6.33. The van der Waals surface area contributed by atoms with Crippen molar-refractivity contribution in [1.82, 2.24) is 4.72 Å². The molecule has 0 aliphatic heterocycles. The van der Waals surface area contributed by atoms with Crippen LogP contribution in [0.25, 0.3) is 0 Å². The number of nitrogens with two attached hydrogens (primary N) is 1. The fourth-order valence-corrected chi connectivity index (χ4v) is 4.79. The average Bonchev–Trinajstić information content (AvgIpc) is 2.54. The molecule has 4 nitrogen and oxygen atoms in total. The van der Waals surface area contributed by atoms with Crippen LogP contribution in [0.4, 0.5) is 5.69 Å². The molecule has 112 valence electrons. The van der Waals surface area contributed by atoms with E-state index in [1.807, 2.05) is 0 Å². The first-order valence-corrected chi connectivity index (χ1v) is 8.84. The molecule has 1 aliphatic rings. The summed E-state index contributed by atoms with van der Waals surface area (Å²) in [7, 11) is -3.68. The molecule has 3 N–H and O–H groups in total. The molecule has 20 heavy (non-hydrogen) atoms. The van der Waals surface area contributed by atoms with Crippen molar-refractivity contribution in [2.75, 3.05) is 5.73 Å². The molecule has 0 bridgehead atoms. The summed E-state index contributed by atoms with van der Waals surface area (Å²) >= 11 is 6.00. The molecule has 0 heterocycles. The molecular formula is C14H21ClN2O2S. The van der Waals surface area contributed by atoms with Gasteiger partial charge in [-0.05, 0) is 30.9 Å². The summed E-state index contributed by atoms with van der Waals surface area (Å²) in [6.45, 7) is 2.09. The highest BCUT2D eigenvalue weighted by Crippen LogP contribution is 2.29. The molecular weight excluding hydrogens is 296 g/mol. The van der Waals surface area contributed by atoms with Gasteiger partial charge in [-0.25, -0.2) is 13.1 Å². The Morgan fingerprint density at radius 1 is 1.25 bits per heavy atom. The first kappa shape index (κ1) is 15.6. The fourth-order valence-electron chi connectivity index (χ4n) is 2.74. The lowest BCUT2D eigenvalue weighted by atomic mass is 9.98. The van der Waals surface area contributed by atoms with Crippen LogP contribution in [0.1, 0.15) is 39.0 Å². The minimum absolute atomic E-state index is 0.00175. The number of rotatable bonds is 3. The lowest BCUT2D eigenvalue weighted by molar-refractivity contribution is 0.399. The van der Waals surface area contributed by atoms with E-state index >= 15 is 0 Å². The van der Waals surface area contributed by atoms with Crippen molar-refractivity contribution in [1.29, 1.82) is 0 Å². The third-order valence-electron chi connectivity index (χ3n) is 3.93. The summed E-state index contributed by atoms with van der Waals surface area (Å²) in [6, 6.07) is 4.70. The highest BCUT2D eigenvalue weighted by molar-refractivity contribution is 7.89. The van der Waals surface area contributed by atoms with E-state index in [0.29, 0.717) is 5.92 Å². The number of nitrogen functional groups attached to an aromatic ring is 1. The minimum atomic E-state index is -3.68. The van der Waals surface area contributed by atoms with Crippen molar-refractivity contribution in [2.45, 2.75) is 50.0 Å². The van der Waals surface area contributed by atoms with Crippen molar-refractivity contribution < 1.29 is 8.42 Å². The van der Waals surface area contributed by atoms with Crippen LogP contribution in [-0.2, 0) is 10.0 Å². The maximum Gasteiger partial charge on any atom is 0.244 e. The Balaban J connectivity index is 2.26. The van der Waals surface area contributed by atoms with Crippen LogP contribution in [0, 0.1) is 5.92 Å².